The summed E-state index contributed by atoms with van der Waals surface area (Å²) in [7, 11) is 0. The van der Waals surface area contributed by atoms with Gasteiger partial charge in [0, 0.05) is 38.0 Å². The molecule has 1 unspecified atom stereocenters. The minimum atomic E-state index is -0.143. The van der Waals surface area contributed by atoms with Gasteiger partial charge in [0.2, 0.25) is 0 Å². The summed E-state index contributed by atoms with van der Waals surface area (Å²) in [4.78, 5) is 4.32. The fraction of sp³-hybridized carbons (Fsp3) is 0.474. The van der Waals surface area contributed by atoms with Crippen LogP contribution in [-0.4, -0.2) is 17.6 Å². The standard InChI is InChI=1S/C19H25N3/c1-15-13-16(2)19(17(3)14-15)22-12-11-21(18(22)4)10-8-6-5-7-9-20/h4,11-14,18H,5-8,10H2,1-3H3. The molecule has 3 nitrogen and oxygen atoms in total. The Labute approximate surface area is 134 Å². The summed E-state index contributed by atoms with van der Waals surface area (Å²) in [5.74, 6) is 0. The number of rotatable bonds is 6. The van der Waals surface area contributed by atoms with Crippen molar-refractivity contribution >= 4 is 5.69 Å². The van der Waals surface area contributed by atoms with Crippen LogP contribution in [0.25, 0.3) is 0 Å². The molecule has 1 atom stereocenters. The van der Waals surface area contributed by atoms with Crippen molar-refractivity contribution in [2.45, 2.75) is 52.6 Å². The second kappa shape index (κ2) is 7.35. The van der Waals surface area contributed by atoms with Crippen molar-refractivity contribution in [1.82, 2.24) is 4.90 Å². The molecular formula is C19H25N3. The molecule has 2 radical (unpaired) electrons. The van der Waals surface area contributed by atoms with Gasteiger partial charge >= 0.3 is 0 Å². The van der Waals surface area contributed by atoms with E-state index in [9.17, 15) is 0 Å². The maximum atomic E-state index is 8.55. The molecule has 1 aliphatic rings. The number of nitriles is 1. The van der Waals surface area contributed by atoms with Gasteiger partial charge in [-0.05, 0) is 44.7 Å². The Hall–Kier alpha value is -1.95. The Morgan fingerprint density at radius 3 is 2.41 bits per heavy atom. The Morgan fingerprint density at radius 2 is 1.77 bits per heavy atom. The third kappa shape index (κ3) is 3.62. The average Bonchev–Trinajstić information content (AvgIpc) is 2.79. The second-order valence-corrected chi connectivity index (χ2v) is 6.07. The van der Waals surface area contributed by atoms with Gasteiger partial charge in [0.05, 0.1) is 6.07 Å². The van der Waals surface area contributed by atoms with Gasteiger partial charge < -0.3 is 9.80 Å². The summed E-state index contributed by atoms with van der Waals surface area (Å²) >= 11 is 0. The number of benzene rings is 1. The van der Waals surface area contributed by atoms with Crippen LogP contribution in [0.15, 0.2) is 24.5 Å². The summed E-state index contributed by atoms with van der Waals surface area (Å²) in [6.45, 7) is 13.7. The van der Waals surface area contributed by atoms with Crippen LogP contribution < -0.4 is 4.90 Å². The Morgan fingerprint density at radius 1 is 1.09 bits per heavy atom. The quantitative estimate of drug-likeness (QED) is 0.732. The van der Waals surface area contributed by atoms with Crippen molar-refractivity contribution in [2.75, 3.05) is 11.4 Å². The van der Waals surface area contributed by atoms with E-state index in [1.807, 2.05) is 0 Å². The van der Waals surface area contributed by atoms with Gasteiger partial charge in [0.15, 0.2) is 0 Å². The smallest absolute Gasteiger partial charge is 0.109 e. The van der Waals surface area contributed by atoms with E-state index in [0.29, 0.717) is 6.42 Å². The molecule has 1 aromatic rings. The number of unbranched alkanes of at least 4 members (excludes halogenated alkanes) is 3. The fourth-order valence-electron chi connectivity index (χ4n) is 3.16. The van der Waals surface area contributed by atoms with E-state index in [-0.39, 0.29) is 6.17 Å². The third-order valence-electron chi connectivity index (χ3n) is 4.14. The number of anilines is 1. The third-order valence-corrected chi connectivity index (χ3v) is 4.14. The Bertz CT molecular complexity index is 560. The van der Waals surface area contributed by atoms with Crippen LogP contribution in [0.4, 0.5) is 5.69 Å². The minimum Gasteiger partial charge on any atom is -0.355 e. The van der Waals surface area contributed by atoms with E-state index < -0.39 is 0 Å². The SMILES string of the molecule is [CH]C1N(CCCCCC#N)C=CN1c1c(C)cc(C)cc1C. The highest BCUT2D eigenvalue weighted by atomic mass is 15.4. The average molecular weight is 295 g/mol. The van der Waals surface area contributed by atoms with E-state index in [0.717, 1.165) is 25.8 Å². The largest absolute Gasteiger partial charge is 0.355 e. The van der Waals surface area contributed by atoms with Gasteiger partial charge in [0.25, 0.3) is 0 Å². The van der Waals surface area contributed by atoms with Gasteiger partial charge in [-0.25, -0.2) is 0 Å². The zero-order chi connectivity index (χ0) is 16.1. The topological polar surface area (TPSA) is 30.3 Å². The number of nitrogens with zero attached hydrogens (tertiary/aromatic N) is 3. The summed E-state index contributed by atoms with van der Waals surface area (Å²) in [6, 6.07) is 6.59. The predicted octanol–water partition coefficient (Wildman–Crippen LogP) is 4.33. The molecule has 0 fully saturated rings. The van der Waals surface area contributed by atoms with Crippen molar-refractivity contribution in [3.05, 3.63) is 48.1 Å². The van der Waals surface area contributed by atoms with Crippen molar-refractivity contribution < 1.29 is 0 Å². The second-order valence-electron chi connectivity index (χ2n) is 6.07. The molecule has 0 spiro atoms. The minimum absolute atomic E-state index is 0.143. The van der Waals surface area contributed by atoms with Crippen LogP contribution in [0.2, 0.25) is 0 Å². The summed E-state index contributed by atoms with van der Waals surface area (Å²) in [6.07, 6.45) is 7.78. The van der Waals surface area contributed by atoms with Crippen LogP contribution >= 0.6 is 0 Å². The monoisotopic (exact) mass is 295 g/mol. The van der Waals surface area contributed by atoms with E-state index >= 15 is 0 Å². The van der Waals surface area contributed by atoms with E-state index in [1.54, 1.807) is 0 Å². The van der Waals surface area contributed by atoms with Crippen LogP contribution in [0.3, 0.4) is 0 Å². The highest BCUT2D eigenvalue weighted by molar-refractivity contribution is 5.63. The molecule has 1 aliphatic heterocycles. The molecule has 22 heavy (non-hydrogen) atoms. The summed E-state index contributed by atoms with van der Waals surface area (Å²) < 4.78 is 0. The van der Waals surface area contributed by atoms with E-state index in [2.05, 4.69) is 61.2 Å². The first-order valence-corrected chi connectivity index (χ1v) is 7.97. The number of hydrogen-bond acceptors (Lipinski definition) is 3. The molecule has 1 aromatic carbocycles. The lowest BCUT2D eigenvalue weighted by Crippen LogP contribution is -2.37. The first kappa shape index (κ1) is 16.4. The fourth-order valence-corrected chi connectivity index (χ4v) is 3.16. The molecule has 0 aliphatic carbocycles. The molecule has 0 saturated carbocycles. The molecule has 116 valence electrons. The van der Waals surface area contributed by atoms with Crippen LogP contribution in [0, 0.1) is 39.0 Å². The maximum Gasteiger partial charge on any atom is 0.109 e. The van der Waals surface area contributed by atoms with Gasteiger partial charge in [-0.2, -0.15) is 5.26 Å². The van der Waals surface area contributed by atoms with Gasteiger partial charge in [-0.1, -0.05) is 24.1 Å². The summed E-state index contributed by atoms with van der Waals surface area (Å²) in [5, 5.41) is 8.55. The number of hydrogen-bond donors (Lipinski definition) is 0. The van der Waals surface area contributed by atoms with Crippen molar-refractivity contribution in [1.29, 1.82) is 5.26 Å². The Kier molecular flexibility index (Phi) is 5.49. The predicted molar refractivity (Wildman–Crippen MR) is 91.1 cm³/mol. The number of aryl methyl sites for hydroxylation is 3. The first-order valence-electron chi connectivity index (χ1n) is 7.97. The van der Waals surface area contributed by atoms with Crippen LogP contribution in [-0.2, 0) is 0 Å². The van der Waals surface area contributed by atoms with Gasteiger partial charge in [-0.15, -0.1) is 0 Å². The summed E-state index contributed by atoms with van der Waals surface area (Å²) in [5.41, 5.74) is 5.01. The highest BCUT2D eigenvalue weighted by Gasteiger charge is 2.25. The normalized spacial score (nSPS) is 17.1. The van der Waals surface area contributed by atoms with Gasteiger partial charge in [0.1, 0.15) is 6.17 Å². The molecule has 0 saturated heterocycles. The van der Waals surface area contributed by atoms with E-state index in [4.69, 9.17) is 12.2 Å². The highest BCUT2D eigenvalue weighted by Crippen LogP contribution is 2.31. The van der Waals surface area contributed by atoms with Crippen LogP contribution in [0.1, 0.15) is 42.4 Å². The molecule has 0 bridgehead atoms. The maximum absolute atomic E-state index is 8.55. The zero-order valence-electron chi connectivity index (χ0n) is 13.8. The molecule has 0 N–H and O–H groups in total. The Balaban J connectivity index is 1.99. The van der Waals surface area contributed by atoms with Crippen molar-refractivity contribution in [3.8, 4) is 6.07 Å². The first-order chi connectivity index (χ1) is 10.5. The lowest BCUT2D eigenvalue weighted by molar-refractivity contribution is 0.332. The molecular weight excluding hydrogens is 270 g/mol. The molecule has 1 heterocycles. The molecule has 2 rings (SSSR count). The molecule has 0 aromatic heterocycles. The van der Waals surface area contributed by atoms with Crippen LogP contribution in [0.5, 0.6) is 0 Å². The van der Waals surface area contributed by atoms with Crippen molar-refractivity contribution in [2.24, 2.45) is 0 Å². The lowest BCUT2D eigenvalue weighted by atomic mass is 10.0. The lowest BCUT2D eigenvalue weighted by Gasteiger charge is -2.31. The molecule has 0 amide bonds. The van der Waals surface area contributed by atoms with Gasteiger partial charge in [-0.3, -0.25) is 0 Å². The van der Waals surface area contributed by atoms with Crippen molar-refractivity contribution in [3.63, 3.8) is 0 Å². The molecule has 3 heteroatoms. The van der Waals surface area contributed by atoms with E-state index in [1.165, 1.54) is 22.4 Å². The zero-order valence-corrected chi connectivity index (χ0v) is 13.8.